The van der Waals surface area contributed by atoms with Crippen molar-refractivity contribution in [2.75, 3.05) is 12.3 Å². The molecular weight excluding hydrogens is 364 g/mol. The number of imidazole rings is 1. The summed E-state index contributed by atoms with van der Waals surface area (Å²) in [5.41, 5.74) is 9.88. The van der Waals surface area contributed by atoms with Gasteiger partial charge in [0.15, 0.2) is 0 Å². The Balaban J connectivity index is 1.36. The van der Waals surface area contributed by atoms with Gasteiger partial charge in [-0.2, -0.15) is 0 Å². The number of carbonyl (C=O) groups is 1. The Morgan fingerprint density at radius 2 is 2.07 bits per heavy atom. The summed E-state index contributed by atoms with van der Waals surface area (Å²) < 4.78 is 0. The van der Waals surface area contributed by atoms with Crippen LogP contribution in [0.25, 0.3) is 11.0 Å². The number of fused-ring (bicyclic) bond motifs is 2. The van der Waals surface area contributed by atoms with Crippen LogP contribution in [0.1, 0.15) is 46.8 Å². The summed E-state index contributed by atoms with van der Waals surface area (Å²) in [5.74, 6) is 0.866. The van der Waals surface area contributed by atoms with Gasteiger partial charge < -0.3 is 16.0 Å². The number of aryl methyl sites for hydroxylation is 2. The number of nitrogens with one attached hydrogen (secondary N) is 2. The van der Waals surface area contributed by atoms with E-state index in [2.05, 4.69) is 25.3 Å². The first-order chi connectivity index (χ1) is 13.1. The molecule has 140 valence electrons. The number of amides is 1. The summed E-state index contributed by atoms with van der Waals surface area (Å²) in [6, 6.07) is 5.57. The van der Waals surface area contributed by atoms with Gasteiger partial charge in [-0.1, -0.05) is 11.6 Å². The Morgan fingerprint density at radius 1 is 1.22 bits per heavy atom. The molecule has 0 bridgehead atoms. The molecule has 0 fully saturated rings. The molecule has 3 aromatic rings. The van der Waals surface area contributed by atoms with Crippen molar-refractivity contribution >= 4 is 34.5 Å². The lowest BCUT2D eigenvalue weighted by Crippen LogP contribution is -2.29. The lowest BCUT2D eigenvalue weighted by atomic mass is 9.94. The van der Waals surface area contributed by atoms with Gasteiger partial charge in [-0.05, 0) is 50.3 Å². The Hall–Kier alpha value is -2.67. The van der Waals surface area contributed by atoms with Gasteiger partial charge in [-0.25, -0.2) is 15.0 Å². The van der Waals surface area contributed by atoms with E-state index in [1.165, 1.54) is 0 Å². The van der Waals surface area contributed by atoms with Crippen molar-refractivity contribution in [2.24, 2.45) is 0 Å². The van der Waals surface area contributed by atoms with Gasteiger partial charge in [0, 0.05) is 29.2 Å². The van der Waals surface area contributed by atoms with E-state index >= 15 is 0 Å². The molecule has 0 radical (unpaired) electrons. The van der Waals surface area contributed by atoms with Crippen molar-refractivity contribution in [1.82, 2.24) is 25.3 Å². The van der Waals surface area contributed by atoms with Crippen LogP contribution in [0, 0.1) is 0 Å². The zero-order chi connectivity index (χ0) is 18.8. The number of aromatic amines is 1. The van der Waals surface area contributed by atoms with Crippen molar-refractivity contribution < 1.29 is 4.79 Å². The monoisotopic (exact) mass is 384 g/mol. The van der Waals surface area contributed by atoms with E-state index in [1.807, 2.05) is 18.2 Å². The highest BCUT2D eigenvalue weighted by Gasteiger charge is 2.21. The van der Waals surface area contributed by atoms with Crippen LogP contribution < -0.4 is 11.1 Å². The van der Waals surface area contributed by atoms with E-state index in [4.69, 9.17) is 17.3 Å². The van der Waals surface area contributed by atoms with Crippen LogP contribution >= 0.6 is 11.6 Å². The van der Waals surface area contributed by atoms with E-state index in [0.717, 1.165) is 66.6 Å². The molecule has 1 aliphatic carbocycles. The number of hydrogen-bond acceptors (Lipinski definition) is 5. The van der Waals surface area contributed by atoms with E-state index in [-0.39, 0.29) is 11.9 Å². The molecule has 2 aromatic heterocycles. The summed E-state index contributed by atoms with van der Waals surface area (Å²) in [6.07, 6.45) is 5.32. The minimum atomic E-state index is -0.182. The van der Waals surface area contributed by atoms with Crippen LogP contribution in [0.15, 0.2) is 18.2 Å². The predicted molar refractivity (Wildman–Crippen MR) is 105 cm³/mol. The van der Waals surface area contributed by atoms with E-state index < -0.39 is 0 Å². The molecule has 0 aliphatic heterocycles. The van der Waals surface area contributed by atoms with Crippen LogP contribution in [-0.2, 0) is 19.3 Å². The average molecular weight is 385 g/mol. The molecule has 1 aliphatic rings. The Morgan fingerprint density at radius 3 is 2.96 bits per heavy atom. The number of aromatic nitrogens is 4. The molecule has 8 heteroatoms. The SMILES string of the molecule is Nc1nc2c(c(C(=O)NCCCc3nc4ccc(Cl)cc4[nH]3)n1)CCCC2. The van der Waals surface area contributed by atoms with Crippen LogP contribution in [0.2, 0.25) is 5.02 Å². The number of H-pyrrole nitrogens is 1. The highest BCUT2D eigenvalue weighted by atomic mass is 35.5. The minimum Gasteiger partial charge on any atom is -0.368 e. The Bertz CT molecular complexity index is 999. The smallest absolute Gasteiger partial charge is 0.270 e. The summed E-state index contributed by atoms with van der Waals surface area (Å²) in [5, 5.41) is 3.62. The molecule has 7 nitrogen and oxygen atoms in total. The number of nitrogens with zero attached hydrogens (tertiary/aromatic N) is 3. The molecule has 1 amide bonds. The first-order valence-electron chi connectivity index (χ1n) is 9.18. The second kappa shape index (κ2) is 7.52. The number of nitrogens with two attached hydrogens (primary N) is 1. The second-order valence-corrected chi connectivity index (χ2v) is 7.20. The third kappa shape index (κ3) is 3.88. The summed E-state index contributed by atoms with van der Waals surface area (Å²) in [4.78, 5) is 28.8. The van der Waals surface area contributed by atoms with Gasteiger partial charge in [0.25, 0.3) is 5.91 Å². The molecule has 0 saturated carbocycles. The molecule has 0 unspecified atom stereocenters. The number of nitrogen functional groups attached to an aromatic ring is 1. The molecular formula is C19H21ClN6O. The largest absolute Gasteiger partial charge is 0.368 e. The number of carbonyl (C=O) groups excluding carboxylic acids is 1. The van der Waals surface area contributed by atoms with Crippen LogP contribution in [0.5, 0.6) is 0 Å². The van der Waals surface area contributed by atoms with Crippen LogP contribution in [-0.4, -0.2) is 32.4 Å². The molecule has 0 spiro atoms. The van der Waals surface area contributed by atoms with Gasteiger partial charge in [-0.15, -0.1) is 0 Å². The maximum atomic E-state index is 12.6. The lowest BCUT2D eigenvalue weighted by Gasteiger charge is -2.17. The normalized spacial score (nSPS) is 13.5. The quantitative estimate of drug-likeness (QED) is 0.586. The number of anilines is 1. The van der Waals surface area contributed by atoms with Gasteiger partial charge in [0.05, 0.1) is 11.0 Å². The summed E-state index contributed by atoms with van der Waals surface area (Å²) in [7, 11) is 0. The molecule has 1 aromatic carbocycles. The molecule has 27 heavy (non-hydrogen) atoms. The molecule has 4 rings (SSSR count). The first-order valence-corrected chi connectivity index (χ1v) is 9.55. The third-order valence-electron chi connectivity index (χ3n) is 4.78. The fraction of sp³-hybridized carbons (Fsp3) is 0.368. The summed E-state index contributed by atoms with van der Waals surface area (Å²) >= 11 is 5.99. The zero-order valence-electron chi connectivity index (χ0n) is 14.9. The Kier molecular flexibility index (Phi) is 4.94. The minimum absolute atomic E-state index is 0.168. The van der Waals surface area contributed by atoms with Crippen molar-refractivity contribution in [3.63, 3.8) is 0 Å². The molecule has 2 heterocycles. The van der Waals surface area contributed by atoms with Gasteiger partial charge in [0.1, 0.15) is 11.5 Å². The van der Waals surface area contributed by atoms with E-state index in [9.17, 15) is 4.79 Å². The van der Waals surface area contributed by atoms with E-state index in [1.54, 1.807) is 0 Å². The summed E-state index contributed by atoms with van der Waals surface area (Å²) in [6.45, 7) is 0.537. The maximum absolute atomic E-state index is 12.6. The van der Waals surface area contributed by atoms with Crippen molar-refractivity contribution in [1.29, 1.82) is 0 Å². The first kappa shape index (κ1) is 17.7. The highest BCUT2D eigenvalue weighted by Crippen LogP contribution is 2.23. The number of halogens is 1. The topological polar surface area (TPSA) is 110 Å². The van der Waals surface area contributed by atoms with Crippen LogP contribution in [0.3, 0.4) is 0 Å². The van der Waals surface area contributed by atoms with Gasteiger partial charge >= 0.3 is 0 Å². The van der Waals surface area contributed by atoms with Crippen LogP contribution in [0.4, 0.5) is 5.95 Å². The fourth-order valence-corrected chi connectivity index (χ4v) is 3.67. The van der Waals surface area contributed by atoms with Crippen molar-refractivity contribution in [2.45, 2.75) is 38.5 Å². The molecule has 0 saturated heterocycles. The standard InChI is InChI=1S/C19H21ClN6O/c20-11-7-8-14-15(10-11)24-16(23-14)6-3-9-22-18(27)17-12-4-1-2-5-13(12)25-19(21)26-17/h7-8,10H,1-6,9H2,(H,22,27)(H,23,24)(H2,21,25,26). The zero-order valence-corrected chi connectivity index (χ0v) is 15.6. The second-order valence-electron chi connectivity index (χ2n) is 6.77. The van der Waals surface area contributed by atoms with Gasteiger partial charge in [0.2, 0.25) is 5.95 Å². The molecule has 4 N–H and O–H groups in total. The third-order valence-corrected chi connectivity index (χ3v) is 5.02. The fourth-order valence-electron chi connectivity index (χ4n) is 3.50. The number of benzene rings is 1. The number of rotatable bonds is 5. The molecule has 0 atom stereocenters. The average Bonchev–Trinajstić information content (AvgIpc) is 3.06. The predicted octanol–water partition coefficient (Wildman–Crippen LogP) is 2.83. The lowest BCUT2D eigenvalue weighted by molar-refractivity contribution is 0.0946. The Labute approximate surface area is 161 Å². The van der Waals surface area contributed by atoms with E-state index in [0.29, 0.717) is 17.3 Å². The van der Waals surface area contributed by atoms with Crippen molar-refractivity contribution in [3.05, 3.63) is 46.0 Å². The number of hydrogen-bond donors (Lipinski definition) is 3. The van der Waals surface area contributed by atoms with Crippen molar-refractivity contribution in [3.8, 4) is 0 Å². The highest BCUT2D eigenvalue weighted by molar-refractivity contribution is 6.31. The maximum Gasteiger partial charge on any atom is 0.270 e. The van der Waals surface area contributed by atoms with Gasteiger partial charge in [-0.3, -0.25) is 4.79 Å².